The average molecular weight is 249 g/mol. The molecule has 6 nitrogen and oxygen atoms in total. The molecule has 1 fully saturated rings. The van der Waals surface area contributed by atoms with Gasteiger partial charge in [0, 0.05) is 13.1 Å². The largest absolute Gasteiger partial charge is 0.353 e. The second-order valence-electron chi connectivity index (χ2n) is 4.48. The molecule has 16 heavy (non-hydrogen) atoms. The zero-order chi connectivity index (χ0) is 12.4. The lowest BCUT2D eigenvalue weighted by molar-refractivity contribution is -0.126. The van der Waals surface area contributed by atoms with E-state index in [2.05, 4.69) is 10.0 Å². The Bertz CT molecular complexity index is 360. The minimum Gasteiger partial charge on any atom is -0.353 e. The van der Waals surface area contributed by atoms with Crippen molar-refractivity contribution in [2.75, 3.05) is 19.3 Å². The average Bonchev–Trinajstić information content (AvgIpc) is 2.93. The number of nitrogens with one attached hydrogen (secondary N) is 2. The van der Waals surface area contributed by atoms with Gasteiger partial charge in [0.25, 0.3) is 0 Å². The van der Waals surface area contributed by atoms with E-state index in [1.54, 1.807) is 6.92 Å². The van der Waals surface area contributed by atoms with Gasteiger partial charge >= 0.3 is 0 Å². The molecule has 7 heteroatoms. The Kier molecular flexibility index (Phi) is 3.92. The van der Waals surface area contributed by atoms with E-state index in [1.165, 1.54) is 0 Å². The van der Waals surface area contributed by atoms with E-state index in [9.17, 15) is 13.2 Å². The molecular weight excluding hydrogens is 230 g/mol. The molecule has 1 aliphatic carbocycles. The van der Waals surface area contributed by atoms with Crippen molar-refractivity contribution in [1.29, 1.82) is 0 Å². The van der Waals surface area contributed by atoms with Crippen LogP contribution in [-0.2, 0) is 14.8 Å². The summed E-state index contributed by atoms with van der Waals surface area (Å²) in [7, 11) is -3.19. The maximum absolute atomic E-state index is 11.7. The van der Waals surface area contributed by atoms with Gasteiger partial charge in [-0.3, -0.25) is 4.79 Å². The first kappa shape index (κ1) is 13.4. The molecule has 0 aromatic rings. The van der Waals surface area contributed by atoms with E-state index in [0.29, 0.717) is 0 Å². The van der Waals surface area contributed by atoms with E-state index >= 15 is 0 Å². The van der Waals surface area contributed by atoms with Gasteiger partial charge in [-0.15, -0.1) is 0 Å². The van der Waals surface area contributed by atoms with Crippen LogP contribution in [0.3, 0.4) is 0 Å². The topological polar surface area (TPSA) is 101 Å². The third kappa shape index (κ3) is 4.07. The lowest BCUT2D eigenvalue weighted by Gasteiger charge is -2.23. The summed E-state index contributed by atoms with van der Waals surface area (Å²) >= 11 is 0. The van der Waals surface area contributed by atoms with Crippen LogP contribution in [0.2, 0.25) is 0 Å². The Balaban J connectivity index is 2.25. The summed E-state index contributed by atoms with van der Waals surface area (Å²) in [5.74, 6) is 0.0423. The molecule has 4 N–H and O–H groups in total. The molecule has 0 heterocycles. The summed E-state index contributed by atoms with van der Waals surface area (Å²) < 4.78 is 23.8. The Labute approximate surface area is 96.0 Å². The number of carbonyl (C=O) groups excluding carboxylic acids is 1. The zero-order valence-electron chi connectivity index (χ0n) is 9.62. The van der Waals surface area contributed by atoms with Crippen LogP contribution in [0.1, 0.15) is 19.8 Å². The van der Waals surface area contributed by atoms with Crippen LogP contribution in [0.5, 0.6) is 0 Å². The third-order valence-corrected chi connectivity index (χ3v) is 3.42. The number of amides is 1. The first-order chi connectivity index (χ1) is 7.23. The molecule has 1 aliphatic rings. The van der Waals surface area contributed by atoms with Crippen molar-refractivity contribution in [2.24, 2.45) is 11.7 Å². The molecule has 0 aliphatic heterocycles. The fraction of sp³-hybridized carbons (Fsp3) is 0.889. The maximum atomic E-state index is 11.7. The summed E-state index contributed by atoms with van der Waals surface area (Å²) in [5, 5.41) is 2.63. The number of hydrogen-bond acceptors (Lipinski definition) is 4. The van der Waals surface area contributed by atoms with Crippen molar-refractivity contribution in [3.63, 3.8) is 0 Å². The van der Waals surface area contributed by atoms with Gasteiger partial charge < -0.3 is 11.1 Å². The first-order valence-corrected chi connectivity index (χ1v) is 7.14. The fourth-order valence-corrected chi connectivity index (χ4v) is 1.94. The van der Waals surface area contributed by atoms with E-state index in [-0.39, 0.29) is 24.9 Å². The van der Waals surface area contributed by atoms with Crippen LogP contribution < -0.4 is 15.8 Å². The monoisotopic (exact) mass is 249 g/mol. The molecule has 94 valence electrons. The number of rotatable bonds is 6. The Hall–Kier alpha value is -0.660. The van der Waals surface area contributed by atoms with Crippen molar-refractivity contribution in [1.82, 2.24) is 10.0 Å². The summed E-state index contributed by atoms with van der Waals surface area (Å²) in [6.45, 7) is 2.15. The van der Waals surface area contributed by atoms with Gasteiger partial charge in [-0.1, -0.05) is 0 Å². The second kappa shape index (κ2) is 4.68. The van der Waals surface area contributed by atoms with Crippen LogP contribution >= 0.6 is 0 Å². The van der Waals surface area contributed by atoms with Gasteiger partial charge in [-0.2, -0.15) is 0 Å². The summed E-state index contributed by atoms with van der Waals surface area (Å²) in [4.78, 5) is 11.7. The predicted molar refractivity (Wildman–Crippen MR) is 61.2 cm³/mol. The maximum Gasteiger partial charge on any atom is 0.240 e. The fourth-order valence-electron chi connectivity index (χ4n) is 1.47. The van der Waals surface area contributed by atoms with Gasteiger partial charge in [0.1, 0.15) is 0 Å². The molecular formula is C9H19N3O3S. The molecule has 0 spiro atoms. The number of carbonyl (C=O) groups is 1. The summed E-state index contributed by atoms with van der Waals surface area (Å²) in [6, 6.07) is 0. The van der Waals surface area contributed by atoms with Crippen LogP contribution in [0, 0.1) is 5.92 Å². The van der Waals surface area contributed by atoms with Crippen molar-refractivity contribution >= 4 is 15.9 Å². The van der Waals surface area contributed by atoms with E-state index < -0.39 is 15.6 Å². The van der Waals surface area contributed by atoms with Gasteiger partial charge in [-0.25, -0.2) is 13.1 Å². The van der Waals surface area contributed by atoms with Crippen molar-refractivity contribution in [2.45, 2.75) is 25.3 Å². The second-order valence-corrected chi connectivity index (χ2v) is 6.31. The molecule has 1 amide bonds. The molecule has 0 saturated heterocycles. The highest BCUT2D eigenvalue weighted by Crippen LogP contribution is 2.37. The summed E-state index contributed by atoms with van der Waals surface area (Å²) in [6.07, 6.45) is 3.05. The molecule has 1 saturated carbocycles. The minimum absolute atomic E-state index is 0.186. The highest BCUT2D eigenvalue weighted by Gasteiger charge is 2.43. The lowest BCUT2D eigenvalue weighted by Crippen LogP contribution is -2.54. The molecule has 1 atom stereocenters. The number of sulfonamides is 1. The SMILES string of the molecule is CC(N)(C(=O)NCCNS(C)(=O)=O)C1CC1. The van der Waals surface area contributed by atoms with Crippen molar-refractivity contribution in [3.8, 4) is 0 Å². The van der Waals surface area contributed by atoms with Crippen molar-refractivity contribution in [3.05, 3.63) is 0 Å². The predicted octanol–water partition coefficient (Wildman–Crippen LogP) is -1.22. The first-order valence-electron chi connectivity index (χ1n) is 5.25. The van der Waals surface area contributed by atoms with E-state index in [1.807, 2.05) is 0 Å². The summed E-state index contributed by atoms with van der Waals surface area (Å²) in [5.41, 5.74) is 5.05. The number of hydrogen-bond donors (Lipinski definition) is 3. The molecule has 1 rings (SSSR count). The lowest BCUT2D eigenvalue weighted by atomic mass is 9.96. The highest BCUT2D eigenvalue weighted by atomic mass is 32.2. The molecule has 0 radical (unpaired) electrons. The minimum atomic E-state index is -3.19. The number of nitrogens with two attached hydrogens (primary N) is 1. The molecule has 0 aromatic heterocycles. The van der Waals surface area contributed by atoms with Crippen LogP contribution in [0.25, 0.3) is 0 Å². The molecule has 1 unspecified atom stereocenters. The Morgan fingerprint density at radius 2 is 2.00 bits per heavy atom. The smallest absolute Gasteiger partial charge is 0.240 e. The van der Waals surface area contributed by atoms with Crippen LogP contribution in [0.15, 0.2) is 0 Å². The quantitative estimate of drug-likeness (QED) is 0.513. The molecule has 0 aromatic carbocycles. The Morgan fingerprint density at radius 1 is 1.44 bits per heavy atom. The zero-order valence-corrected chi connectivity index (χ0v) is 10.4. The highest BCUT2D eigenvalue weighted by molar-refractivity contribution is 7.88. The van der Waals surface area contributed by atoms with Crippen LogP contribution in [-0.4, -0.2) is 39.2 Å². The van der Waals surface area contributed by atoms with E-state index in [0.717, 1.165) is 19.1 Å². The van der Waals surface area contributed by atoms with Gasteiger partial charge in [0.15, 0.2) is 0 Å². The normalized spacial score (nSPS) is 20.2. The standard InChI is InChI=1S/C9H19N3O3S/c1-9(10,7-3-4-7)8(13)11-5-6-12-16(2,14)15/h7,12H,3-6,10H2,1-2H3,(H,11,13). The van der Waals surface area contributed by atoms with Gasteiger partial charge in [0.05, 0.1) is 11.8 Å². The van der Waals surface area contributed by atoms with Gasteiger partial charge in [-0.05, 0) is 25.7 Å². The van der Waals surface area contributed by atoms with Crippen LogP contribution in [0.4, 0.5) is 0 Å². The van der Waals surface area contributed by atoms with E-state index in [4.69, 9.17) is 5.73 Å². The Morgan fingerprint density at radius 3 is 2.44 bits per heavy atom. The molecule has 0 bridgehead atoms. The third-order valence-electron chi connectivity index (χ3n) is 2.69. The van der Waals surface area contributed by atoms with Crippen molar-refractivity contribution < 1.29 is 13.2 Å². The van der Waals surface area contributed by atoms with Gasteiger partial charge in [0.2, 0.25) is 15.9 Å².